The number of nitro benzene ring substituents is 1. The first-order valence-corrected chi connectivity index (χ1v) is 7.01. The Morgan fingerprint density at radius 2 is 1.92 bits per heavy atom. The summed E-state index contributed by atoms with van der Waals surface area (Å²) in [5.74, 6) is 0.489. The van der Waals surface area contributed by atoms with Crippen LogP contribution in [0.5, 0.6) is 11.5 Å². The molecule has 0 aliphatic carbocycles. The molecule has 2 rings (SSSR count). The second-order valence-electron chi connectivity index (χ2n) is 4.86. The number of nitro groups is 1. The van der Waals surface area contributed by atoms with Crippen LogP contribution in [0.3, 0.4) is 0 Å². The summed E-state index contributed by atoms with van der Waals surface area (Å²) in [6.45, 7) is 0.241. The molecular weight excluding hydrogens is 312 g/mol. The van der Waals surface area contributed by atoms with Gasteiger partial charge in [0, 0.05) is 18.2 Å². The summed E-state index contributed by atoms with van der Waals surface area (Å²) in [6.07, 6.45) is 2.83. The number of rotatable bonds is 7. The van der Waals surface area contributed by atoms with Crippen molar-refractivity contribution >= 4 is 17.7 Å². The Bertz CT molecular complexity index is 769. The number of hydrogen-bond acceptors (Lipinski definition) is 5. The first-order valence-electron chi connectivity index (χ1n) is 7.01. The number of ether oxygens (including phenoxy) is 2. The maximum absolute atomic E-state index is 10.8. The van der Waals surface area contributed by atoms with Crippen molar-refractivity contribution in [1.82, 2.24) is 0 Å². The van der Waals surface area contributed by atoms with Crippen molar-refractivity contribution in [3.63, 3.8) is 0 Å². The lowest BCUT2D eigenvalue weighted by atomic mass is 10.2. The Morgan fingerprint density at radius 1 is 1.21 bits per heavy atom. The van der Waals surface area contributed by atoms with Crippen LogP contribution in [0, 0.1) is 10.1 Å². The molecule has 0 aromatic heterocycles. The SMILES string of the molecule is COc1cc(/C=C/C(N)=O)ccc1OCc1ccc([N+](=O)[O-])cc1. The second kappa shape index (κ2) is 7.77. The summed E-state index contributed by atoms with van der Waals surface area (Å²) in [5.41, 5.74) is 6.62. The molecule has 0 radical (unpaired) electrons. The zero-order valence-electron chi connectivity index (χ0n) is 13.0. The lowest BCUT2D eigenvalue weighted by Gasteiger charge is -2.11. The van der Waals surface area contributed by atoms with Gasteiger partial charge in [-0.3, -0.25) is 14.9 Å². The number of nitrogens with two attached hydrogens (primary N) is 1. The lowest BCUT2D eigenvalue weighted by molar-refractivity contribution is -0.384. The molecule has 0 spiro atoms. The van der Waals surface area contributed by atoms with E-state index in [1.165, 1.54) is 25.3 Å². The summed E-state index contributed by atoms with van der Waals surface area (Å²) in [6, 6.07) is 11.3. The molecule has 2 aromatic rings. The summed E-state index contributed by atoms with van der Waals surface area (Å²) in [5, 5.41) is 10.6. The largest absolute Gasteiger partial charge is 0.493 e. The molecule has 0 unspecified atom stereocenters. The Labute approximate surface area is 138 Å². The third-order valence-electron chi connectivity index (χ3n) is 3.17. The maximum atomic E-state index is 10.8. The van der Waals surface area contributed by atoms with Crippen LogP contribution in [-0.4, -0.2) is 17.9 Å². The number of hydrogen-bond donors (Lipinski definition) is 1. The number of amides is 1. The monoisotopic (exact) mass is 328 g/mol. The van der Waals surface area contributed by atoms with E-state index < -0.39 is 10.8 Å². The number of methoxy groups -OCH3 is 1. The van der Waals surface area contributed by atoms with E-state index in [0.717, 1.165) is 11.1 Å². The van der Waals surface area contributed by atoms with Crippen LogP contribution in [0.4, 0.5) is 5.69 Å². The minimum absolute atomic E-state index is 0.0296. The molecule has 0 aliphatic rings. The van der Waals surface area contributed by atoms with Crippen LogP contribution in [0.25, 0.3) is 6.08 Å². The number of primary amides is 1. The molecule has 0 heterocycles. The van der Waals surface area contributed by atoms with E-state index in [2.05, 4.69) is 0 Å². The standard InChI is InChI=1S/C17H16N2O5/c1-23-16-10-12(5-9-17(18)20)4-8-15(16)24-11-13-2-6-14(7-3-13)19(21)22/h2-10H,11H2,1H3,(H2,18,20)/b9-5+. The molecule has 24 heavy (non-hydrogen) atoms. The van der Waals surface area contributed by atoms with E-state index >= 15 is 0 Å². The molecule has 7 heteroatoms. The quantitative estimate of drug-likeness (QED) is 0.478. The molecule has 124 valence electrons. The Hall–Kier alpha value is -3.35. The van der Waals surface area contributed by atoms with Crippen LogP contribution < -0.4 is 15.2 Å². The highest BCUT2D eigenvalue weighted by atomic mass is 16.6. The number of non-ortho nitro benzene ring substituents is 1. The summed E-state index contributed by atoms with van der Waals surface area (Å²) in [7, 11) is 1.51. The van der Waals surface area contributed by atoms with Crippen molar-refractivity contribution in [2.24, 2.45) is 5.73 Å². The fraction of sp³-hybridized carbons (Fsp3) is 0.118. The minimum Gasteiger partial charge on any atom is -0.493 e. The van der Waals surface area contributed by atoms with Gasteiger partial charge >= 0.3 is 0 Å². The summed E-state index contributed by atoms with van der Waals surface area (Å²) in [4.78, 5) is 20.9. The van der Waals surface area contributed by atoms with E-state index in [-0.39, 0.29) is 12.3 Å². The Morgan fingerprint density at radius 3 is 2.50 bits per heavy atom. The molecule has 1 amide bonds. The third kappa shape index (κ3) is 4.57. The molecule has 0 atom stereocenters. The van der Waals surface area contributed by atoms with Crippen molar-refractivity contribution in [2.75, 3.05) is 7.11 Å². The molecule has 0 bridgehead atoms. The number of nitrogens with zero attached hydrogens (tertiary/aromatic N) is 1. The third-order valence-corrected chi connectivity index (χ3v) is 3.17. The van der Waals surface area contributed by atoms with Gasteiger partial charge in [0.05, 0.1) is 12.0 Å². The highest BCUT2D eigenvalue weighted by molar-refractivity contribution is 5.90. The number of benzene rings is 2. The van der Waals surface area contributed by atoms with Gasteiger partial charge in [0.15, 0.2) is 11.5 Å². The van der Waals surface area contributed by atoms with Crippen LogP contribution in [-0.2, 0) is 11.4 Å². The van der Waals surface area contributed by atoms with Crippen molar-refractivity contribution in [3.05, 3.63) is 69.8 Å². The topological polar surface area (TPSA) is 105 Å². The highest BCUT2D eigenvalue weighted by Crippen LogP contribution is 2.29. The zero-order chi connectivity index (χ0) is 17.5. The number of carbonyl (C=O) groups excluding carboxylic acids is 1. The molecule has 2 N–H and O–H groups in total. The van der Waals surface area contributed by atoms with Crippen LogP contribution in [0.1, 0.15) is 11.1 Å². The number of carbonyl (C=O) groups is 1. The molecule has 0 saturated carbocycles. The first kappa shape index (κ1) is 17.0. The fourth-order valence-electron chi connectivity index (χ4n) is 1.96. The van der Waals surface area contributed by atoms with Gasteiger partial charge in [-0.25, -0.2) is 0 Å². The molecule has 0 aliphatic heterocycles. The Balaban J connectivity index is 2.08. The zero-order valence-corrected chi connectivity index (χ0v) is 13.0. The normalized spacial score (nSPS) is 10.5. The van der Waals surface area contributed by atoms with Gasteiger partial charge in [0.25, 0.3) is 5.69 Å². The molecule has 7 nitrogen and oxygen atoms in total. The van der Waals surface area contributed by atoms with Gasteiger partial charge in [-0.15, -0.1) is 0 Å². The Kier molecular flexibility index (Phi) is 5.51. The van der Waals surface area contributed by atoms with E-state index in [0.29, 0.717) is 11.5 Å². The van der Waals surface area contributed by atoms with Gasteiger partial charge in [-0.05, 0) is 41.5 Å². The maximum Gasteiger partial charge on any atom is 0.269 e. The van der Waals surface area contributed by atoms with E-state index in [4.69, 9.17) is 15.2 Å². The van der Waals surface area contributed by atoms with E-state index in [1.807, 2.05) is 0 Å². The van der Waals surface area contributed by atoms with Crippen LogP contribution in [0.2, 0.25) is 0 Å². The van der Waals surface area contributed by atoms with Gasteiger partial charge in [-0.1, -0.05) is 6.07 Å². The molecular formula is C17H16N2O5. The summed E-state index contributed by atoms with van der Waals surface area (Å²) >= 11 is 0. The first-order chi connectivity index (χ1) is 11.5. The van der Waals surface area contributed by atoms with Crippen molar-refractivity contribution in [2.45, 2.75) is 6.61 Å². The average molecular weight is 328 g/mol. The second-order valence-corrected chi connectivity index (χ2v) is 4.86. The fourth-order valence-corrected chi connectivity index (χ4v) is 1.96. The smallest absolute Gasteiger partial charge is 0.269 e. The van der Waals surface area contributed by atoms with E-state index in [1.54, 1.807) is 36.4 Å². The predicted octanol–water partition coefficient (Wildman–Crippen LogP) is 2.68. The van der Waals surface area contributed by atoms with Gasteiger partial charge in [0.1, 0.15) is 6.61 Å². The molecule has 2 aromatic carbocycles. The van der Waals surface area contributed by atoms with Crippen molar-refractivity contribution in [1.29, 1.82) is 0 Å². The molecule has 0 fully saturated rings. The van der Waals surface area contributed by atoms with Crippen molar-refractivity contribution in [3.8, 4) is 11.5 Å². The predicted molar refractivity (Wildman–Crippen MR) is 88.7 cm³/mol. The van der Waals surface area contributed by atoms with Gasteiger partial charge in [0.2, 0.25) is 5.91 Å². The minimum atomic E-state index is -0.535. The van der Waals surface area contributed by atoms with E-state index in [9.17, 15) is 14.9 Å². The molecule has 0 saturated heterocycles. The van der Waals surface area contributed by atoms with Crippen molar-refractivity contribution < 1.29 is 19.2 Å². The van der Waals surface area contributed by atoms with Gasteiger partial charge < -0.3 is 15.2 Å². The average Bonchev–Trinajstić information content (AvgIpc) is 2.58. The van der Waals surface area contributed by atoms with Gasteiger partial charge in [-0.2, -0.15) is 0 Å². The van der Waals surface area contributed by atoms with Crippen LogP contribution in [0.15, 0.2) is 48.5 Å². The highest BCUT2D eigenvalue weighted by Gasteiger charge is 2.07. The lowest BCUT2D eigenvalue weighted by Crippen LogP contribution is -2.05. The summed E-state index contributed by atoms with van der Waals surface area (Å²) < 4.78 is 11.0. The van der Waals surface area contributed by atoms with Crippen LogP contribution >= 0.6 is 0 Å².